The van der Waals surface area contributed by atoms with E-state index in [-0.39, 0.29) is 12.5 Å². The number of hydrogen-bond donors (Lipinski definition) is 0. The lowest BCUT2D eigenvalue weighted by molar-refractivity contribution is -0.127. The van der Waals surface area contributed by atoms with E-state index in [9.17, 15) is 9.59 Å². The first-order valence-electron chi connectivity index (χ1n) is 5.45. The van der Waals surface area contributed by atoms with Crippen LogP contribution in [0, 0.1) is 0 Å². The van der Waals surface area contributed by atoms with E-state index in [4.69, 9.17) is 0 Å². The van der Waals surface area contributed by atoms with Gasteiger partial charge in [-0.25, -0.2) is 4.98 Å². The van der Waals surface area contributed by atoms with Crippen molar-refractivity contribution in [3.8, 4) is 0 Å². The van der Waals surface area contributed by atoms with E-state index < -0.39 is 0 Å². The molecule has 0 radical (unpaired) electrons. The van der Waals surface area contributed by atoms with Crippen LogP contribution in [0.2, 0.25) is 0 Å². The molecular weight excluding hydrogens is 218 g/mol. The summed E-state index contributed by atoms with van der Waals surface area (Å²) in [7, 11) is 3.41. The lowest BCUT2D eigenvalue weighted by Crippen LogP contribution is -2.37. The Morgan fingerprint density at radius 1 is 1.47 bits per heavy atom. The van der Waals surface area contributed by atoms with E-state index in [2.05, 4.69) is 4.98 Å². The molecule has 0 aliphatic rings. The van der Waals surface area contributed by atoms with Crippen molar-refractivity contribution >= 4 is 18.0 Å². The van der Waals surface area contributed by atoms with Crippen molar-refractivity contribution in [3.05, 3.63) is 23.9 Å². The molecule has 1 aromatic rings. The Kier molecular flexibility index (Phi) is 4.63. The van der Waals surface area contributed by atoms with E-state index in [0.29, 0.717) is 17.9 Å². The average molecular weight is 235 g/mol. The molecule has 0 unspecified atom stereocenters. The first kappa shape index (κ1) is 13.2. The summed E-state index contributed by atoms with van der Waals surface area (Å²) < 4.78 is 0. The number of hydrogen-bond acceptors (Lipinski definition) is 4. The van der Waals surface area contributed by atoms with Crippen LogP contribution < -0.4 is 4.90 Å². The van der Waals surface area contributed by atoms with E-state index in [1.165, 1.54) is 4.90 Å². The summed E-state index contributed by atoms with van der Waals surface area (Å²) in [5.74, 6) is 0.537. The Hall–Kier alpha value is -1.91. The molecule has 0 spiro atoms. The number of likely N-dealkylation sites (N-methyl/N-ethyl adjacent to an activating group) is 2. The first-order valence-corrected chi connectivity index (χ1v) is 5.45. The third-order valence-corrected chi connectivity index (χ3v) is 2.45. The molecule has 0 aromatic carbocycles. The number of carbonyl (C=O) groups is 2. The van der Waals surface area contributed by atoms with Crippen molar-refractivity contribution in [3.63, 3.8) is 0 Å². The minimum absolute atomic E-state index is 0.0191. The lowest BCUT2D eigenvalue weighted by atomic mass is 10.2. The van der Waals surface area contributed by atoms with Crippen LogP contribution in [0.3, 0.4) is 0 Å². The van der Waals surface area contributed by atoms with E-state index in [1.807, 2.05) is 6.92 Å². The third-order valence-electron chi connectivity index (χ3n) is 2.45. The maximum atomic E-state index is 11.7. The van der Waals surface area contributed by atoms with Crippen molar-refractivity contribution in [1.29, 1.82) is 0 Å². The van der Waals surface area contributed by atoms with Crippen LogP contribution in [0.1, 0.15) is 17.3 Å². The summed E-state index contributed by atoms with van der Waals surface area (Å²) in [6.07, 6.45) is 2.37. The molecule has 0 saturated carbocycles. The second kappa shape index (κ2) is 5.98. The van der Waals surface area contributed by atoms with Gasteiger partial charge < -0.3 is 9.80 Å². The molecule has 0 fully saturated rings. The van der Waals surface area contributed by atoms with Crippen LogP contribution in [0.25, 0.3) is 0 Å². The topological polar surface area (TPSA) is 53.5 Å². The Morgan fingerprint density at radius 2 is 2.18 bits per heavy atom. The quantitative estimate of drug-likeness (QED) is 0.709. The van der Waals surface area contributed by atoms with E-state index in [1.54, 1.807) is 37.3 Å². The Bertz CT molecular complexity index is 404. The normalized spacial score (nSPS) is 9.82. The van der Waals surface area contributed by atoms with Crippen LogP contribution in [0.4, 0.5) is 5.82 Å². The molecule has 0 bridgehead atoms. The van der Waals surface area contributed by atoms with Gasteiger partial charge in [0, 0.05) is 26.8 Å². The van der Waals surface area contributed by atoms with Crippen molar-refractivity contribution in [2.45, 2.75) is 6.92 Å². The number of aromatic nitrogens is 1. The zero-order chi connectivity index (χ0) is 12.8. The molecule has 0 N–H and O–H groups in total. The fourth-order valence-electron chi connectivity index (χ4n) is 1.41. The molecule has 0 aliphatic heterocycles. The van der Waals surface area contributed by atoms with Crippen molar-refractivity contribution in [2.75, 3.05) is 32.1 Å². The van der Waals surface area contributed by atoms with Crippen molar-refractivity contribution in [1.82, 2.24) is 9.88 Å². The van der Waals surface area contributed by atoms with Gasteiger partial charge in [-0.15, -0.1) is 0 Å². The number of nitrogens with zero attached hydrogens (tertiary/aromatic N) is 3. The summed E-state index contributed by atoms with van der Waals surface area (Å²) in [6.45, 7) is 2.77. The summed E-state index contributed by atoms with van der Waals surface area (Å²) in [6, 6.07) is 3.40. The molecular formula is C12H17N3O2. The standard InChI is InChI=1S/C12H17N3O2/c1-4-15(8-11(17)14(2)3)12-10(9-16)6-5-7-13-12/h5-7,9H,4,8H2,1-3H3. The second-order valence-electron chi connectivity index (χ2n) is 3.84. The first-order chi connectivity index (χ1) is 8.10. The smallest absolute Gasteiger partial charge is 0.241 e. The summed E-state index contributed by atoms with van der Waals surface area (Å²) in [4.78, 5) is 30.0. The largest absolute Gasteiger partial charge is 0.347 e. The minimum atomic E-state index is -0.0191. The zero-order valence-corrected chi connectivity index (χ0v) is 10.4. The molecule has 17 heavy (non-hydrogen) atoms. The van der Waals surface area contributed by atoms with E-state index >= 15 is 0 Å². The zero-order valence-electron chi connectivity index (χ0n) is 10.4. The molecule has 1 aromatic heterocycles. The summed E-state index contributed by atoms with van der Waals surface area (Å²) in [5, 5.41) is 0. The highest BCUT2D eigenvalue weighted by Crippen LogP contribution is 2.14. The van der Waals surface area contributed by atoms with E-state index in [0.717, 1.165) is 6.29 Å². The fourth-order valence-corrected chi connectivity index (χ4v) is 1.41. The SMILES string of the molecule is CCN(CC(=O)N(C)C)c1ncccc1C=O. The van der Waals surface area contributed by atoms with Crippen LogP contribution in [-0.4, -0.2) is 49.3 Å². The van der Waals surface area contributed by atoms with Gasteiger partial charge in [-0.2, -0.15) is 0 Å². The average Bonchev–Trinajstić information content (AvgIpc) is 2.35. The Morgan fingerprint density at radius 3 is 2.71 bits per heavy atom. The summed E-state index contributed by atoms with van der Waals surface area (Å²) in [5.41, 5.74) is 0.501. The number of amides is 1. The van der Waals surface area contributed by atoms with Gasteiger partial charge in [0.15, 0.2) is 6.29 Å². The van der Waals surface area contributed by atoms with Gasteiger partial charge >= 0.3 is 0 Å². The maximum Gasteiger partial charge on any atom is 0.241 e. The van der Waals surface area contributed by atoms with Gasteiger partial charge in [0.1, 0.15) is 5.82 Å². The third kappa shape index (κ3) is 3.27. The molecule has 5 nitrogen and oxygen atoms in total. The predicted molar refractivity (Wildman–Crippen MR) is 66.2 cm³/mol. The number of anilines is 1. The molecule has 92 valence electrons. The van der Waals surface area contributed by atoms with Gasteiger partial charge in [-0.1, -0.05) is 0 Å². The number of pyridine rings is 1. The Labute approximate surface area is 101 Å². The highest BCUT2D eigenvalue weighted by atomic mass is 16.2. The maximum absolute atomic E-state index is 11.7. The number of carbonyl (C=O) groups excluding carboxylic acids is 2. The molecule has 0 aliphatic carbocycles. The van der Waals surface area contributed by atoms with Gasteiger partial charge in [-0.3, -0.25) is 9.59 Å². The van der Waals surface area contributed by atoms with Gasteiger partial charge in [-0.05, 0) is 19.1 Å². The molecule has 1 rings (SSSR count). The summed E-state index contributed by atoms with van der Waals surface area (Å²) >= 11 is 0. The molecule has 0 atom stereocenters. The van der Waals surface area contributed by atoms with Crippen molar-refractivity contribution in [2.24, 2.45) is 0 Å². The Balaban J connectivity index is 2.93. The lowest BCUT2D eigenvalue weighted by Gasteiger charge is -2.24. The molecule has 1 heterocycles. The van der Waals surface area contributed by atoms with Gasteiger partial charge in [0.2, 0.25) is 5.91 Å². The molecule has 1 amide bonds. The van der Waals surface area contributed by atoms with Crippen LogP contribution in [0.15, 0.2) is 18.3 Å². The number of aldehydes is 1. The molecule has 0 saturated heterocycles. The van der Waals surface area contributed by atoms with Crippen LogP contribution >= 0.6 is 0 Å². The highest BCUT2D eigenvalue weighted by molar-refractivity contribution is 5.86. The number of rotatable bonds is 5. The van der Waals surface area contributed by atoms with Crippen LogP contribution in [0.5, 0.6) is 0 Å². The fraction of sp³-hybridized carbons (Fsp3) is 0.417. The van der Waals surface area contributed by atoms with Crippen molar-refractivity contribution < 1.29 is 9.59 Å². The second-order valence-corrected chi connectivity index (χ2v) is 3.84. The highest BCUT2D eigenvalue weighted by Gasteiger charge is 2.15. The monoisotopic (exact) mass is 235 g/mol. The predicted octanol–water partition coefficient (Wildman–Crippen LogP) is 0.809. The minimum Gasteiger partial charge on any atom is -0.347 e. The molecule has 5 heteroatoms. The van der Waals surface area contributed by atoms with Gasteiger partial charge in [0.05, 0.1) is 12.1 Å². The van der Waals surface area contributed by atoms with Crippen LogP contribution in [-0.2, 0) is 4.79 Å². The van der Waals surface area contributed by atoms with Gasteiger partial charge in [0.25, 0.3) is 0 Å².